The standard InChI is InChI=1S/C9H15NO3S/c1-2-5-10-9(11)8-4-3-6-14(12,13)7-8/h2,8H,1,3-7H2,(H,10,11). The molecule has 1 unspecified atom stereocenters. The molecule has 4 nitrogen and oxygen atoms in total. The van der Waals surface area contributed by atoms with Gasteiger partial charge in [-0.15, -0.1) is 6.58 Å². The molecular formula is C9H15NO3S. The molecule has 1 fully saturated rings. The SMILES string of the molecule is C=CCNC(=O)C1CCCS(=O)(=O)C1. The van der Waals surface area contributed by atoms with Gasteiger partial charge in [-0.1, -0.05) is 6.08 Å². The molecule has 1 heterocycles. The number of carbonyl (C=O) groups excluding carboxylic acids is 1. The van der Waals surface area contributed by atoms with Crippen molar-refractivity contribution in [3.63, 3.8) is 0 Å². The Morgan fingerprint density at radius 1 is 1.57 bits per heavy atom. The Kier molecular flexibility index (Phi) is 3.69. The monoisotopic (exact) mass is 217 g/mol. The third-order valence-electron chi connectivity index (χ3n) is 2.25. The maximum atomic E-state index is 11.4. The number of hydrogen-bond acceptors (Lipinski definition) is 3. The lowest BCUT2D eigenvalue weighted by atomic mass is 10.0. The van der Waals surface area contributed by atoms with E-state index < -0.39 is 9.84 Å². The molecule has 1 rings (SSSR count). The Hall–Kier alpha value is -0.840. The van der Waals surface area contributed by atoms with E-state index in [0.717, 1.165) is 0 Å². The quantitative estimate of drug-likeness (QED) is 0.683. The second-order valence-electron chi connectivity index (χ2n) is 3.49. The first-order valence-electron chi connectivity index (χ1n) is 4.64. The van der Waals surface area contributed by atoms with Crippen LogP contribution < -0.4 is 5.32 Å². The molecule has 1 aliphatic rings. The van der Waals surface area contributed by atoms with Crippen LogP contribution in [0, 0.1) is 5.92 Å². The van der Waals surface area contributed by atoms with Crippen LogP contribution in [0.5, 0.6) is 0 Å². The smallest absolute Gasteiger partial charge is 0.224 e. The second kappa shape index (κ2) is 4.59. The average Bonchev–Trinajstić information content (AvgIpc) is 2.12. The van der Waals surface area contributed by atoms with Crippen LogP contribution in [0.1, 0.15) is 12.8 Å². The van der Waals surface area contributed by atoms with Crippen LogP contribution in [0.25, 0.3) is 0 Å². The zero-order chi connectivity index (χ0) is 10.6. The Bertz CT molecular complexity index is 321. The van der Waals surface area contributed by atoms with Crippen molar-refractivity contribution in [2.24, 2.45) is 5.92 Å². The van der Waals surface area contributed by atoms with Gasteiger partial charge < -0.3 is 5.32 Å². The van der Waals surface area contributed by atoms with Gasteiger partial charge in [0.15, 0.2) is 9.84 Å². The minimum atomic E-state index is -2.99. The van der Waals surface area contributed by atoms with Crippen molar-refractivity contribution < 1.29 is 13.2 Å². The molecule has 0 bridgehead atoms. The highest BCUT2D eigenvalue weighted by molar-refractivity contribution is 7.91. The fourth-order valence-electron chi connectivity index (χ4n) is 1.55. The van der Waals surface area contributed by atoms with Crippen LogP contribution in [-0.2, 0) is 14.6 Å². The third-order valence-corrected chi connectivity index (χ3v) is 4.08. The van der Waals surface area contributed by atoms with Crippen molar-refractivity contribution >= 4 is 15.7 Å². The van der Waals surface area contributed by atoms with Gasteiger partial charge in [0.05, 0.1) is 17.4 Å². The Balaban J connectivity index is 2.52. The van der Waals surface area contributed by atoms with Gasteiger partial charge in [-0.05, 0) is 12.8 Å². The van der Waals surface area contributed by atoms with E-state index in [1.165, 1.54) is 0 Å². The van der Waals surface area contributed by atoms with E-state index in [1.807, 2.05) is 0 Å². The van der Waals surface area contributed by atoms with Crippen molar-refractivity contribution in [1.29, 1.82) is 0 Å². The maximum absolute atomic E-state index is 11.4. The molecule has 0 radical (unpaired) electrons. The highest BCUT2D eigenvalue weighted by atomic mass is 32.2. The van der Waals surface area contributed by atoms with Gasteiger partial charge in [0.2, 0.25) is 5.91 Å². The molecule has 0 aromatic rings. The summed E-state index contributed by atoms with van der Waals surface area (Å²) < 4.78 is 22.5. The first-order chi connectivity index (χ1) is 6.55. The van der Waals surface area contributed by atoms with E-state index in [9.17, 15) is 13.2 Å². The van der Waals surface area contributed by atoms with E-state index in [2.05, 4.69) is 11.9 Å². The normalized spacial score (nSPS) is 25.3. The van der Waals surface area contributed by atoms with E-state index in [4.69, 9.17) is 0 Å². The van der Waals surface area contributed by atoms with Crippen LogP contribution in [0.3, 0.4) is 0 Å². The van der Waals surface area contributed by atoms with Gasteiger partial charge in [-0.3, -0.25) is 4.79 Å². The summed E-state index contributed by atoms with van der Waals surface area (Å²) in [6.45, 7) is 3.87. The van der Waals surface area contributed by atoms with E-state index >= 15 is 0 Å². The van der Waals surface area contributed by atoms with Crippen LogP contribution in [-0.4, -0.2) is 32.4 Å². The van der Waals surface area contributed by atoms with Crippen LogP contribution in [0.2, 0.25) is 0 Å². The van der Waals surface area contributed by atoms with Crippen molar-refractivity contribution in [2.75, 3.05) is 18.1 Å². The number of hydrogen-bond donors (Lipinski definition) is 1. The van der Waals surface area contributed by atoms with Crippen molar-refractivity contribution in [2.45, 2.75) is 12.8 Å². The summed E-state index contributed by atoms with van der Waals surface area (Å²) in [6.07, 6.45) is 2.84. The maximum Gasteiger partial charge on any atom is 0.224 e. The molecule has 80 valence electrons. The Labute approximate surface area is 84.3 Å². The second-order valence-corrected chi connectivity index (χ2v) is 5.72. The number of sulfone groups is 1. The van der Waals surface area contributed by atoms with Crippen molar-refractivity contribution in [1.82, 2.24) is 5.32 Å². The lowest BCUT2D eigenvalue weighted by Crippen LogP contribution is -2.38. The van der Waals surface area contributed by atoms with Gasteiger partial charge in [0.1, 0.15) is 0 Å². The van der Waals surface area contributed by atoms with Gasteiger partial charge in [-0.2, -0.15) is 0 Å². The van der Waals surface area contributed by atoms with Crippen LogP contribution in [0.4, 0.5) is 0 Å². The lowest BCUT2D eigenvalue weighted by molar-refractivity contribution is -0.124. The topological polar surface area (TPSA) is 63.2 Å². The van der Waals surface area contributed by atoms with Gasteiger partial charge in [0, 0.05) is 6.54 Å². The van der Waals surface area contributed by atoms with E-state index in [-0.39, 0.29) is 23.3 Å². The fraction of sp³-hybridized carbons (Fsp3) is 0.667. The summed E-state index contributed by atoms with van der Waals surface area (Å²) in [5, 5.41) is 2.62. The largest absolute Gasteiger partial charge is 0.352 e. The van der Waals surface area contributed by atoms with E-state index in [0.29, 0.717) is 19.4 Å². The first-order valence-corrected chi connectivity index (χ1v) is 6.46. The predicted molar refractivity (Wildman–Crippen MR) is 54.6 cm³/mol. The van der Waals surface area contributed by atoms with Gasteiger partial charge in [-0.25, -0.2) is 8.42 Å². The molecular weight excluding hydrogens is 202 g/mol. The number of amides is 1. The molecule has 1 N–H and O–H groups in total. The van der Waals surface area contributed by atoms with Crippen molar-refractivity contribution in [3.05, 3.63) is 12.7 Å². The molecule has 0 aromatic carbocycles. The fourth-order valence-corrected chi connectivity index (χ4v) is 3.25. The average molecular weight is 217 g/mol. The number of carbonyl (C=O) groups is 1. The number of nitrogens with one attached hydrogen (secondary N) is 1. The molecule has 1 aliphatic heterocycles. The van der Waals surface area contributed by atoms with Gasteiger partial charge in [0.25, 0.3) is 0 Å². The molecule has 14 heavy (non-hydrogen) atoms. The molecule has 0 aliphatic carbocycles. The van der Waals surface area contributed by atoms with Gasteiger partial charge >= 0.3 is 0 Å². The molecule has 0 saturated carbocycles. The minimum absolute atomic E-state index is 0.00399. The third kappa shape index (κ3) is 3.14. The van der Waals surface area contributed by atoms with E-state index in [1.54, 1.807) is 6.08 Å². The number of rotatable bonds is 3. The Morgan fingerprint density at radius 3 is 2.86 bits per heavy atom. The summed E-state index contributed by atoms with van der Waals surface area (Å²) in [7, 11) is -2.99. The molecule has 1 atom stereocenters. The summed E-state index contributed by atoms with van der Waals surface area (Å²) in [5.74, 6) is -0.323. The molecule has 0 aromatic heterocycles. The van der Waals surface area contributed by atoms with Crippen LogP contribution >= 0.6 is 0 Å². The van der Waals surface area contributed by atoms with Crippen molar-refractivity contribution in [3.8, 4) is 0 Å². The Morgan fingerprint density at radius 2 is 2.29 bits per heavy atom. The molecule has 0 spiro atoms. The molecule has 1 saturated heterocycles. The molecule has 1 amide bonds. The summed E-state index contributed by atoms with van der Waals surface area (Å²) in [5.41, 5.74) is 0. The minimum Gasteiger partial charge on any atom is -0.352 e. The summed E-state index contributed by atoms with van der Waals surface area (Å²) >= 11 is 0. The summed E-state index contributed by atoms with van der Waals surface area (Å²) in [6, 6.07) is 0. The summed E-state index contributed by atoms with van der Waals surface area (Å²) in [4.78, 5) is 11.4. The highest BCUT2D eigenvalue weighted by Gasteiger charge is 2.29. The zero-order valence-electron chi connectivity index (χ0n) is 8.03. The zero-order valence-corrected chi connectivity index (χ0v) is 8.85. The highest BCUT2D eigenvalue weighted by Crippen LogP contribution is 2.18. The first kappa shape index (κ1) is 11.2. The lowest BCUT2D eigenvalue weighted by Gasteiger charge is -2.20. The molecule has 5 heteroatoms. The van der Waals surface area contributed by atoms with Crippen LogP contribution in [0.15, 0.2) is 12.7 Å². The predicted octanol–water partition coefficient (Wildman–Crippen LogP) is 0.113.